The average molecular weight is 651 g/mol. The Morgan fingerprint density at radius 2 is 1.18 bits per heavy atom. The summed E-state index contributed by atoms with van der Waals surface area (Å²) in [6.07, 6.45) is 12.3. The van der Waals surface area contributed by atoms with Gasteiger partial charge in [-0.25, -0.2) is 0 Å². The van der Waals surface area contributed by atoms with Crippen LogP contribution in [0.3, 0.4) is 0 Å². The molecule has 0 spiro atoms. The van der Waals surface area contributed by atoms with Crippen LogP contribution in [0.4, 0.5) is 0 Å². The van der Waals surface area contributed by atoms with Crippen molar-refractivity contribution in [1.29, 1.82) is 0 Å². The van der Waals surface area contributed by atoms with Gasteiger partial charge in [0.1, 0.15) is 0 Å². The van der Waals surface area contributed by atoms with E-state index >= 15 is 0 Å². The van der Waals surface area contributed by atoms with Crippen molar-refractivity contribution in [3.05, 3.63) is 90.8 Å². The molecule has 0 aromatic heterocycles. The summed E-state index contributed by atoms with van der Waals surface area (Å²) in [6, 6.07) is 10.6. The van der Waals surface area contributed by atoms with E-state index in [0.29, 0.717) is 9.54 Å². The summed E-state index contributed by atoms with van der Waals surface area (Å²) in [5.41, 5.74) is 17.1. The number of hydrogen-bond donors (Lipinski definition) is 0. The number of benzene rings is 2. The zero-order valence-corrected chi connectivity index (χ0v) is 29.9. The predicted octanol–water partition coefficient (Wildman–Crippen LogP) is 4.24. The van der Waals surface area contributed by atoms with Crippen LogP contribution in [-0.4, -0.2) is 3.21 Å². The average Bonchev–Trinajstić information content (AvgIpc) is 3.33. The van der Waals surface area contributed by atoms with E-state index < -0.39 is 21.3 Å². The first kappa shape index (κ1) is 31.7. The number of hydrogen-bond acceptors (Lipinski definition) is 0. The van der Waals surface area contributed by atoms with E-state index in [0.717, 1.165) is 12.8 Å². The minimum Gasteiger partial charge on any atom is -1.00 e. The Balaban J connectivity index is 0.00000185. The van der Waals surface area contributed by atoms with Crippen molar-refractivity contribution in [3.63, 3.8) is 0 Å². The summed E-state index contributed by atoms with van der Waals surface area (Å²) in [5.74, 6) is 0.574. The van der Waals surface area contributed by atoms with Crippen LogP contribution in [0.1, 0.15) is 119 Å². The fraction of sp³-hybridized carbons (Fsp3) is 0.432. The number of fused-ring (bicyclic) bond motifs is 5. The van der Waals surface area contributed by atoms with Gasteiger partial charge in [-0.15, -0.1) is 0 Å². The van der Waals surface area contributed by atoms with E-state index in [4.69, 9.17) is 0 Å². The van der Waals surface area contributed by atoms with Crippen LogP contribution in [0.15, 0.2) is 57.4 Å². The summed E-state index contributed by atoms with van der Waals surface area (Å²) < 4.78 is 4.06. The Kier molecular flexibility index (Phi) is 8.53. The topological polar surface area (TPSA) is 0 Å². The van der Waals surface area contributed by atoms with Crippen molar-refractivity contribution in [1.82, 2.24) is 0 Å². The zero-order valence-electron chi connectivity index (χ0n) is 25.9. The number of halogens is 2. The summed E-state index contributed by atoms with van der Waals surface area (Å²) in [4.78, 5) is 0. The van der Waals surface area contributed by atoms with E-state index in [1.165, 1.54) is 39.0 Å². The van der Waals surface area contributed by atoms with E-state index in [1.807, 2.05) is 0 Å². The Morgan fingerprint density at radius 1 is 0.725 bits per heavy atom. The van der Waals surface area contributed by atoms with Crippen LogP contribution in [0.5, 0.6) is 0 Å². The second-order valence-electron chi connectivity index (χ2n) is 14.1. The van der Waals surface area contributed by atoms with Gasteiger partial charge in [0.25, 0.3) is 0 Å². The molecule has 0 fully saturated rings. The van der Waals surface area contributed by atoms with E-state index in [1.54, 1.807) is 28.7 Å². The first-order chi connectivity index (χ1) is 17.8. The molecule has 0 N–H and O–H groups in total. The summed E-state index contributed by atoms with van der Waals surface area (Å²) >= 11 is -2.26. The predicted molar refractivity (Wildman–Crippen MR) is 164 cm³/mol. The fourth-order valence-electron chi connectivity index (χ4n) is 7.66. The second-order valence-corrected chi connectivity index (χ2v) is 21.4. The second kappa shape index (κ2) is 10.8. The first-order valence-corrected chi connectivity index (χ1v) is 18.5. The van der Waals surface area contributed by atoms with Gasteiger partial charge in [-0.3, -0.25) is 0 Å². The third-order valence-corrected chi connectivity index (χ3v) is 18.6. The monoisotopic (exact) mass is 648 g/mol. The van der Waals surface area contributed by atoms with Crippen LogP contribution >= 0.6 is 0 Å². The molecular formula is C37H44Cl2Zr. The quantitative estimate of drug-likeness (QED) is 0.457. The first-order valence-electron chi connectivity index (χ1n) is 14.6. The number of rotatable bonds is 2. The van der Waals surface area contributed by atoms with Gasteiger partial charge in [-0.2, -0.15) is 0 Å². The van der Waals surface area contributed by atoms with Gasteiger partial charge in [-0.1, -0.05) is 0 Å². The Bertz CT molecular complexity index is 1480. The zero-order chi connectivity index (χ0) is 27.3. The van der Waals surface area contributed by atoms with Gasteiger partial charge in [-0.05, 0) is 0 Å². The van der Waals surface area contributed by atoms with Crippen molar-refractivity contribution in [2.45, 2.75) is 96.5 Å². The molecule has 4 aliphatic rings. The molecule has 0 heterocycles. The number of allylic oxidation sites excluding steroid dienone is 8. The fourth-order valence-corrected chi connectivity index (χ4v) is 16.4. The van der Waals surface area contributed by atoms with Crippen molar-refractivity contribution in [2.24, 2.45) is 5.92 Å². The van der Waals surface area contributed by atoms with E-state index in [9.17, 15) is 0 Å². The maximum Gasteiger partial charge on any atom is -1.00 e. The Labute approximate surface area is 263 Å². The third kappa shape index (κ3) is 4.81. The summed E-state index contributed by atoms with van der Waals surface area (Å²) in [6.45, 7) is 24.1. The molecule has 210 valence electrons. The molecule has 1 unspecified atom stereocenters. The van der Waals surface area contributed by atoms with Gasteiger partial charge in [0.05, 0.1) is 0 Å². The van der Waals surface area contributed by atoms with Crippen molar-refractivity contribution >= 4 is 14.4 Å². The molecule has 0 nitrogen and oxygen atoms in total. The van der Waals surface area contributed by atoms with Gasteiger partial charge in [0, 0.05) is 0 Å². The van der Waals surface area contributed by atoms with Crippen LogP contribution < -0.4 is 24.8 Å². The van der Waals surface area contributed by atoms with E-state index in [2.05, 4.69) is 118 Å². The molecule has 1 atom stereocenters. The molecule has 6 rings (SSSR count). The van der Waals surface area contributed by atoms with Gasteiger partial charge in [0.2, 0.25) is 0 Å². The molecule has 40 heavy (non-hydrogen) atoms. The van der Waals surface area contributed by atoms with Gasteiger partial charge >= 0.3 is 240 Å². The molecule has 0 saturated carbocycles. The molecule has 0 aliphatic heterocycles. The van der Waals surface area contributed by atoms with Crippen molar-refractivity contribution < 1.29 is 46.1 Å². The minimum atomic E-state index is -2.26. The smallest absolute Gasteiger partial charge is 1.00 e. The Hall–Kier alpha value is -1.27. The minimum absolute atomic E-state index is 0. The van der Waals surface area contributed by atoms with Gasteiger partial charge < -0.3 is 24.8 Å². The maximum absolute atomic E-state index is 2.68. The third-order valence-electron chi connectivity index (χ3n) is 9.96. The molecule has 2 aromatic carbocycles. The molecule has 0 radical (unpaired) electrons. The normalized spacial score (nSPS) is 21.1. The van der Waals surface area contributed by atoms with Gasteiger partial charge in [0.15, 0.2) is 0 Å². The van der Waals surface area contributed by atoms with Crippen molar-refractivity contribution in [2.75, 3.05) is 0 Å². The Morgan fingerprint density at radius 3 is 1.55 bits per heavy atom. The van der Waals surface area contributed by atoms with Crippen LogP contribution in [-0.2, 0) is 32.1 Å². The van der Waals surface area contributed by atoms with Crippen LogP contribution in [0.2, 0.25) is 0 Å². The SMILES string of the molecule is CC1=CC(C)[C]([Zr+2](=[C](C)C)[CH]2c3cc4c(cc3-c3cc5c(cc32)C(C)(C)CC=C5C)C(C)=CCC4(C)C)=C1.[Cl-].[Cl-]. The largest absolute Gasteiger partial charge is 1.00 e. The molecule has 0 bridgehead atoms. The van der Waals surface area contributed by atoms with Crippen molar-refractivity contribution in [3.8, 4) is 11.1 Å². The molecule has 3 heteroatoms. The standard InChI is InChI=1S/C27H29.C7H9.C3H6.2ClH.Zr/c1-16-7-9-26(3,4)24-12-18-11-19-13-25-21(17(2)8-10-27(25,5)6)15-23(19)22(18)14-20(16)24;1-6-3-4-7(2)5-6;1-3-2;;;/h7-8,11-15H,9-10H2,1-6H3;3,5,7H,1-2H3;1-2H3;2*1H;/q;;;;;+2/p-2. The van der Waals surface area contributed by atoms with E-state index in [-0.39, 0.29) is 35.6 Å². The van der Waals surface area contributed by atoms with Crippen LogP contribution in [0.25, 0.3) is 22.3 Å². The molecule has 2 aromatic rings. The molecule has 0 amide bonds. The maximum atomic E-state index is 2.68. The molecule has 4 aliphatic carbocycles. The summed E-state index contributed by atoms with van der Waals surface area (Å²) in [5, 5.41) is 0. The summed E-state index contributed by atoms with van der Waals surface area (Å²) in [7, 11) is 0. The molecular weight excluding hydrogens is 607 g/mol. The molecule has 0 saturated heterocycles. The van der Waals surface area contributed by atoms with Crippen LogP contribution in [0, 0.1) is 5.92 Å².